The van der Waals surface area contributed by atoms with Crippen LogP contribution >= 0.6 is 0 Å². The van der Waals surface area contributed by atoms with Crippen LogP contribution in [0.3, 0.4) is 0 Å². The van der Waals surface area contributed by atoms with Gasteiger partial charge in [-0.05, 0) is 58.0 Å². The van der Waals surface area contributed by atoms with E-state index in [4.69, 9.17) is 0 Å². The number of carbonyl (C=O) groups is 4. The number of benzene rings is 3. The van der Waals surface area contributed by atoms with E-state index in [1.165, 1.54) is 21.6 Å². The number of nitrogens with zero attached hydrogens (tertiary/aromatic N) is 1. The maximum Gasteiger partial charge on any atom is 0.319 e. The van der Waals surface area contributed by atoms with Crippen LogP contribution in [-0.2, 0) is 28.1 Å². The third-order valence-corrected chi connectivity index (χ3v) is 7.88. The first kappa shape index (κ1) is 23.9. The van der Waals surface area contributed by atoms with Crippen molar-refractivity contribution < 1.29 is 19.2 Å². The molecule has 3 N–H and O–H groups in total. The highest BCUT2D eigenvalue weighted by Crippen LogP contribution is 2.49. The van der Waals surface area contributed by atoms with Gasteiger partial charge in [0, 0.05) is 36.2 Å². The predicted molar refractivity (Wildman–Crippen MR) is 142 cm³/mol. The molecule has 1 unspecified atom stereocenters. The van der Waals surface area contributed by atoms with Crippen molar-refractivity contribution in [1.29, 1.82) is 0 Å². The van der Waals surface area contributed by atoms with Gasteiger partial charge in [-0.25, -0.2) is 4.79 Å². The predicted octanol–water partition coefficient (Wildman–Crippen LogP) is 4.08. The van der Waals surface area contributed by atoms with Crippen LogP contribution in [0.1, 0.15) is 59.3 Å². The lowest BCUT2D eigenvalue weighted by Crippen LogP contribution is -2.52. The molecule has 0 aromatic heterocycles. The Bertz CT molecular complexity index is 1530. The minimum atomic E-state index is -0.648. The summed E-state index contributed by atoms with van der Waals surface area (Å²) >= 11 is 0. The molecule has 0 bridgehead atoms. The first-order chi connectivity index (χ1) is 18.2. The Labute approximate surface area is 220 Å². The molecule has 1 saturated heterocycles. The maximum absolute atomic E-state index is 12.9. The number of carbonyl (C=O) groups excluding carboxylic acids is 4. The summed E-state index contributed by atoms with van der Waals surface area (Å²) in [6.45, 7) is 5.01. The molecule has 3 aromatic rings. The van der Waals surface area contributed by atoms with E-state index in [1.54, 1.807) is 12.1 Å². The van der Waals surface area contributed by atoms with E-state index >= 15 is 0 Å². The normalized spacial score (nSPS) is 18.9. The molecule has 0 radical (unpaired) electrons. The average Bonchev–Trinajstić information content (AvgIpc) is 3.33. The van der Waals surface area contributed by atoms with Gasteiger partial charge in [0.25, 0.3) is 5.91 Å². The standard InChI is InChI=1S/C30H28N4O4/c1-30(2)23-6-4-3-5-21(23)22-14-19(8-10-24(22)30)32-29(38)31-15-17-7-9-20-18(13-17)16-34(28(20)37)25-11-12-26(35)33-27(25)36/h3-10,13-14,25H,11-12,15-16H2,1-2H3,(H2,31,32,38)(H,33,35,36). The van der Waals surface area contributed by atoms with Gasteiger partial charge in [0.1, 0.15) is 6.04 Å². The quantitative estimate of drug-likeness (QED) is 0.462. The van der Waals surface area contributed by atoms with Crippen LogP contribution in [0, 0.1) is 0 Å². The smallest absolute Gasteiger partial charge is 0.319 e. The Morgan fingerprint density at radius 1 is 0.974 bits per heavy atom. The van der Waals surface area contributed by atoms with Crippen LogP contribution in [0.15, 0.2) is 60.7 Å². The van der Waals surface area contributed by atoms with Gasteiger partial charge in [-0.15, -0.1) is 0 Å². The number of amides is 5. The second-order valence-electron chi connectivity index (χ2n) is 10.6. The van der Waals surface area contributed by atoms with E-state index in [0.717, 1.165) is 16.7 Å². The Kier molecular flexibility index (Phi) is 5.56. The van der Waals surface area contributed by atoms with E-state index in [2.05, 4.69) is 54.1 Å². The molecule has 0 spiro atoms. The minimum Gasteiger partial charge on any atom is -0.334 e. The highest BCUT2D eigenvalue weighted by atomic mass is 16.2. The van der Waals surface area contributed by atoms with Gasteiger partial charge in [0.05, 0.1) is 0 Å². The molecule has 5 amide bonds. The molecule has 3 aliphatic rings. The van der Waals surface area contributed by atoms with E-state index in [9.17, 15) is 19.2 Å². The zero-order valence-electron chi connectivity index (χ0n) is 21.3. The SMILES string of the molecule is CC1(C)c2ccccc2-c2cc(NC(=O)NCc3ccc4c(c3)CN(C3CCC(=O)NC3=O)C4=O)ccc21. The fourth-order valence-corrected chi connectivity index (χ4v) is 5.89. The highest BCUT2D eigenvalue weighted by molar-refractivity contribution is 6.05. The number of nitrogens with one attached hydrogen (secondary N) is 3. The first-order valence-corrected chi connectivity index (χ1v) is 12.8. The van der Waals surface area contributed by atoms with Gasteiger partial charge in [-0.2, -0.15) is 0 Å². The highest BCUT2D eigenvalue weighted by Gasteiger charge is 2.39. The summed E-state index contributed by atoms with van der Waals surface area (Å²) < 4.78 is 0. The summed E-state index contributed by atoms with van der Waals surface area (Å²) in [4.78, 5) is 50.8. The second-order valence-corrected chi connectivity index (χ2v) is 10.6. The van der Waals surface area contributed by atoms with Crippen LogP contribution in [-0.4, -0.2) is 34.7 Å². The van der Waals surface area contributed by atoms with Gasteiger partial charge in [-0.3, -0.25) is 19.7 Å². The fraction of sp³-hybridized carbons (Fsp3) is 0.267. The van der Waals surface area contributed by atoms with E-state index < -0.39 is 11.9 Å². The molecule has 1 fully saturated rings. The molecule has 192 valence electrons. The van der Waals surface area contributed by atoms with E-state index in [-0.39, 0.29) is 36.2 Å². The van der Waals surface area contributed by atoms with Gasteiger partial charge in [0.2, 0.25) is 11.8 Å². The molecular formula is C30H28N4O4. The third-order valence-electron chi connectivity index (χ3n) is 7.88. The van der Waals surface area contributed by atoms with Crippen molar-refractivity contribution >= 4 is 29.4 Å². The van der Waals surface area contributed by atoms with Crippen LogP contribution in [0.2, 0.25) is 0 Å². The summed E-state index contributed by atoms with van der Waals surface area (Å²) in [7, 11) is 0. The molecule has 0 saturated carbocycles. The van der Waals surface area contributed by atoms with Crippen molar-refractivity contribution in [3.63, 3.8) is 0 Å². The number of piperidine rings is 1. The van der Waals surface area contributed by atoms with E-state index in [1.807, 2.05) is 24.3 Å². The Balaban J connectivity index is 1.11. The van der Waals surface area contributed by atoms with Crippen molar-refractivity contribution in [2.75, 3.05) is 5.32 Å². The number of hydrogen-bond acceptors (Lipinski definition) is 4. The maximum atomic E-state index is 12.9. The fourth-order valence-electron chi connectivity index (χ4n) is 5.89. The molecule has 1 aliphatic carbocycles. The van der Waals surface area contributed by atoms with Crippen molar-refractivity contribution in [3.8, 4) is 11.1 Å². The third kappa shape index (κ3) is 3.93. The summed E-state index contributed by atoms with van der Waals surface area (Å²) in [5, 5.41) is 8.14. The number of rotatable bonds is 4. The Hall–Kier alpha value is -4.46. The number of urea groups is 1. The van der Waals surface area contributed by atoms with Crippen molar-refractivity contribution in [2.24, 2.45) is 0 Å². The molecule has 2 heterocycles. The molecule has 2 aliphatic heterocycles. The summed E-state index contributed by atoms with van der Waals surface area (Å²) in [5.41, 5.74) is 7.67. The zero-order valence-corrected chi connectivity index (χ0v) is 21.3. The summed E-state index contributed by atoms with van der Waals surface area (Å²) in [6, 6.07) is 18.8. The van der Waals surface area contributed by atoms with Crippen molar-refractivity contribution in [2.45, 2.75) is 51.2 Å². The Morgan fingerprint density at radius 2 is 1.76 bits per heavy atom. The van der Waals surface area contributed by atoms with Crippen LogP contribution in [0.4, 0.5) is 10.5 Å². The van der Waals surface area contributed by atoms with Crippen LogP contribution < -0.4 is 16.0 Å². The Morgan fingerprint density at radius 3 is 2.58 bits per heavy atom. The molecule has 8 nitrogen and oxygen atoms in total. The zero-order chi connectivity index (χ0) is 26.6. The first-order valence-electron chi connectivity index (χ1n) is 12.8. The van der Waals surface area contributed by atoms with Gasteiger partial charge in [-0.1, -0.05) is 56.3 Å². The molecule has 1 atom stereocenters. The second kappa shape index (κ2) is 8.83. The largest absolute Gasteiger partial charge is 0.334 e. The lowest BCUT2D eigenvalue weighted by atomic mass is 9.82. The van der Waals surface area contributed by atoms with Gasteiger partial charge in [0.15, 0.2) is 0 Å². The van der Waals surface area contributed by atoms with Gasteiger partial charge < -0.3 is 15.5 Å². The molecular weight excluding hydrogens is 480 g/mol. The minimum absolute atomic E-state index is 0.0878. The number of fused-ring (bicyclic) bond motifs is 4. The summed E-state index contributed by atoms with van der Waals surface area (Å²) in [6.07, 6.45) is 0.542. The van der Waals surface area contributed by atoms with Gasteiger partial charge >= 0.3 is 6.03 Å². The number of hydrogen-bond donors (Lipinski definition) is 3. The number of imide groups is 1. The van der Waals surface area contributed by atoms with Crippen LogP contribution in [0.5, 0.6) is 0 Å². The molecule has 6 rings (SSSR count). The van der Waals surface area contributed by atoms with Crippen molar-refractivity contribution in [1.82, 2.24) is 15.5 Å². The van der Waals surface area contributed by atoms with Crippen LogP contribution in [0.25, 0.3) is 11.1 Å². The van der Waals surface area contributed by atoms with E-state index in [0.29, 0.717) is 24.2 Å². The molecule has 38 heavy (non-hydrogen) atoms. The monoisotopic (exact) mass is 508 g/mol. The molecule has 8 heteroatoms. The molecule has 3 aromatic carbocycles. The van der Waals surface area contributed by atoms with Crippen molar-refractivity contribution in [3.05, 3.63) is 88.5 Å². The average molecular weight is 509 g/mol. The lowest BCUT2D eigenvalue weighted by molar-refractivity contribution is -0.136. The summed E-state index contributed by atoms with van der Waals surface area (Å²) in [5.74, 6) is -0.955. The number of anilines is 1. The lowest BCUT2D eigenvalue weighted by Gasteiger charge is -2.29. The topological polar surface area (TPSA) is 108 Å².